The minimum absolute atomic E-state index is 0.223. The van der Waals surface area contributed by atoms with Gasteiger partial charge in [-0.15, -0.1) is 4.83 Å². The van der Waals surface area contributed by atoms with Gasteiger partial charge in [-0.2, -0.15) is 0 Å². The lowest BCUT2D eigenvalue weighted by Crippen LogP contribution is -2.36. The third-order valence-corrected chi connectivity index (χ3v) is 1.17. The van der Waals surface area contributed by atoms with Crippen molar-refractivity contribution >= 4 is 16.8 Å². The first-order chi connectivity index (χ1) is 5.02. The molecule has 0 saturated heterocycles. The second-order valence-electron chi connectivity index (χ2n) is 2.52. The first kappa shape index (κ1) is 10.4. The summed E-state index contributed by atoms with van der Waals surface area (Å²) in [5.74, 6) is -0.0967. The molecule has 0 rings (SSSR count). The summed E-state index contributed by atoms with van der Waals surface area (Å²) in [6, 6.07) is 0. The van der Waals surface area contributed by atoms with Crippen LogP contribution in [0, 0.1) is 5.92 Å². The normalized spacial score (nSPS) is 10.5. The summed E-state index contributed by atoms with van der Waals surface area (Å²) in [5, 5.41) is 0. The summed E-state index contributed by atoms with van der Waals surface area (Å²) < 4.78 is 19.8. The van der Waals surface area contributed by atoms with E-state index in [1.54, 1.807) is 4.83 Å². The molecule has 66 valence electrons. The van der Waals surface area contributed by atoms with Crippen molar-refractivity contribution in [2.24, 2.45) is 5.92 Å². The van der Waals surface area contributed by atoms with Crippen molar-refractivity contribution in [1.29, 1.82) is 0 Å². The van der Waals surface area contributed by atoms with Gasteiger partial charge in [-0.05, 0) is 5.92 Å². The molecule has 2 N–H and O–H groups in total. The first-order valence-corrected chi connectivity index (χ1v) is 4.39. The first-order valence-electron chi connectivity index (χ1n) is 3.21. The zero-order valence-electron chi connectivity index (χ0n) is 6.46. The van der Waals surface area contributed by atoms with Crippen LogP contribution >= 0.6 is 0 Å². The lowest BCUT2D eigenvalue weighted by atomic mass is 10.1. The number of carbonyl (C=O) groups excluding carboxylic acids is 1. The van der Waals surface area contributed by atoms with Crippen molar-refractivity contribution in [2.75, 3.05) is 0 Å². The molecule has 0 spiro atoms. The minimum Gasteiger partial charge on any atom is -0.278 e. The van der Waals surface area contributed by atoms with Crippen LogP contribution in [-0.4, -0.2) is 14.3 Å². The van der Waals surface area contributed by atoms with Crippen LogP contribution < -0.4 is 10.3 Å². The number of amides is 1. The van der Waals surface area contributed by atoms with Gasteiger partial charge in [-0.3, -0.25) is 10.2 Å². The van der Waals surface area contributed by atoms with E-state index in [0.29, 0.717) is 6.42 Å². The number of hydrogen-bond acceptors (Lipinski definition) is 3. The maximum Gasteiger partial charge on any atom is 0.235 e. The van der Waals surface area contributed by atoms with Crippen LogP contribution in [0.4, 0.5) is 0 Å². The number of rotatable bonds is 4. The van der Waals surface area contributed by atoms with E-state index < -0.39 is 10.9 Å². The number of hydrogen-bond donors (Lipinski definition) is 3. The van der Waals surface area contributed by atoms with Crippen molar-refractivity contribution in [2.45, 2.75) is 20.3 Å². The molecule has 0 radical (unpaired) electrons. The minimum atomic E-state index is -2.74. The van der Waals surface area contributed by atoms with Gasteiger partial charge >= 0.3 is 0 Å². The molecule has 0 aliphatic heterocycles. The predicted octanol–water partition coefficient (Wildman–Crippen LogP) is -0.820. The second kappa shape index (κ2) is 5.09. The lowest BCUT2D eigenvalue weighted by Gasteiger charge is -2.03. The van der Waals surface area contributed by atoms with E-state index in [1.807, 2.05) is 19.3 Å². The van der Waals surface area contributed by atoms with Gasteiger partial charge < -0.3 is 0 Å². The molecule has 11 heavy (non-hydrogen) atoms. The highest BCUT2D eigenvalue weighted by Gasteiger charge is 2.02. The Morgan fingerprint density at radius 2 is 2.00 bits per heavy atom. The van der Waals surface area contributed by atoms with E-state index in [1.165, 1.54) is 0 Å². The summed E-state index contributed by atoms with van der Waals surface area (Å²) in [6.07, 6.45) is 0.316. The molecule has 0 bridgehead atoms. The quantitative estimate of drug-likeness (QED) is 0.391. The molecule has 0 aromatic carbocycles. The topological polar surface area (TPSA) is 75.3 Å². The second-order valence-corrected chi connectivity index (χ2v) is 3.25. The van der Waals surface area contributed by atoms with Gasteiger partial charge in [0.1, 0.15) is 0 Å². The molecule has 5 nitrogen and oxygen atoms in total. The fourth-order valence-electron chi connectivity index (χ4n) is 0.530. The maximum atomic E-state index is 10.7. The molecule has 0 heterocycles. The highest BCUT2D eigenvalue weighted by Crippen LogP contribution is 1.96. The van der Waals surface area contributed by atoms with Gasteiger partial charge in [0.2, 0.25) is 16.8 Å². The highest BCUT2D eigenvalue weighted by molar-refractivity contribution is 7.70. The van der Waals surface area contributed by atoms with Crippen LogP contribution in [0.1, 0.15) is 20.3 Å². The third-order valence-electron chi connectivity index (χ3n) is 0.880. The monoisotopic (exact) mass is 180 g/mol. The van der Waals surface area contributed by atoms with Gasteiger partial charge in [0.15, 0.2) is 0 Å². The summed E-state index contributed by atoms with van der Waals surface area (Å²) in [7, 11) is -2.74. The Morgan fingerprint density at radius 3 is 2.36 bits per heavy atom. The van der Waals surface area contributed by atoms with E-state index in [-0.39, 0.29) is 11.8 Å². The van der Waals surface area contributed by atoms with Gasteiger partial charge in [-0.25, -0.2) is 8.42 Å². The van der Waals surface area contributed by atoms with E-state index in [0.717, 1.165) is 0 Å². The van der Waals surface area contributed by atoms with Crippen LogP contribution in [0.2, 0.25) is 0 Å². The lowest BCUT2D eigenvalue weighted by molar-refractivity contribution is -0.122. The summed E-state index contributed by atoms with van der Waals surface area (Å²) in [5.41, 5.74) is 2.03. The molecule has 0 atom stereocenters. The molecule has 0 saturated carbocycles. The standard InChI is InChI=1S/C5H12N2O3S/c1-4(2)3-5(8)6-7-11(9)10/h4,11H,3H2,1-2H3,(H,6,8)(H,7,9,10). The number of thiol groups is 1. The smallest absolute Gasteiger partial charge is 0.235 e. The van der Waals surface area contributed by atoms with E-state index in [9.17, 15) is 13.2 Å². The Bertz CT molecular complexity index is 192. The highest BCUT2D eigenvalue weighted by atomic mass is 32.2. The number of hydrazine groups is 1. The molecule has 1 amide bonds. The van der Waals surface area contributed by atoms with E-state index in [2.05, 4.69) is 0 Å². The molecule has 0 unspecified atom stereocenters. The largest absolute Gasteiger partial charge is 0.278 e. The van der Waals surface area contributed by atoms with E-state index in [4.69, 9.17) is 0 Å². The third kappa shape index (κ3) is 7.27. The molecule has 6 heteroatoms. The van der Waals surface area contributed by atoms with E-state index >= 15 is 0 Å². The van der Waals surface area contributed by atoms with Crippen LogP contribution in [0.3, 0.4) is 0 Å². The summed E-state index contributed by atoms with van der Waals surface area (Å²) in [6.45, 7) is 3.74. The molecule has 0 fully saturated rings. The molecule has 0 aromatic rings. The fraction of sp³-hybridized carbons (Fsp3) is 0.800. The van der Waals surface area contributed by atoms with Crippen molar-refractivity contribution in [3.8, 4) is 0 Å². The SMILES string of the molecule is CC(C)CC(=O)NN[SH](=O)=O. The average Bonchev–Trinajstić information content (AvgIpc) is 1.82. The molecular weight excluding hydrogens is 168 g/mol. The molecule has 0 aliphatic rings. The van der Waals surface area contributed by atoms with Crippen molar-refractivity contribution in [3.05, 3.63) is 0 Å². The zero-order chi connectivity index (χ0) is 8.85. The maximum absolute atomic E-state index is 10.7. The van der Waals surface area contributed by atoms with Gasteiger partial charge in [0, 0.05) is 6.42 Å². The summed E-state index contributed by atoms with van der Waals surface area (Å²) in [4.78, 5) is 12.5. The molecular formula is C5H12N2O3S. The van der Waals surface area contributed by atoms with Gasteiger partial charge in [0.05, 0.1) is 0 Å². The predicted molar refractivity (Wildman–Crippen MR) is 41.0 cm³/mol. The Labute approximate surface area is 67.2 Å². The Hall–Kier alpha value is -0.620. The Kier molecular flexibility index (Phi) is 4.80. The van der Waals surface area contributed by atoms with Crippen molar-refractivity contribution in [3.63, 3.8) is 0 Å². The fourth-order valence-corrected chi connectivity index (χ4v) is 0.746. The van der Waals surface area contributed by atoms with Crippen LogP contribution in [0.5, 0.6) is 0 Å². The van der Waals surface area contributed by atoms with Gasteiger partial charge in [-0.1, -0.05) is 13.8 Å². The van der Waals surface area contributed by atoms with Crippen molar-refractivity contribution < 1.29 is 13.2 Å². The molecule has 0 aliphatic carbocycles. The summed E-state index contributed by atoms with van der Waals surface area (Å²) >= 11 is 0. The van der Waals surface area contributed by atoms with Crippen molar-refractivity contribution in [1.82, 2.24) is 10.3 Å². The molecule has 0 aromatic heterocycles. The van der Waals surface area contributed by atoms with Crippen LogP contribution in [-0.2, 0) is 15.7 Å². The van der Waals surface area contributed by atoms with Crippen LogP contribution in [0.25, 0.3) is 0 Å². The Balaban J connectivity index is 3.53. The van der Waals surface area contributed by atoms with Crippen LogP contribution in [0.15, 0.2) is 0 Å². The van der Waals surface area contributed by atoms with Gasteiger partial charge in [0.25, 0.3) is 0 Å². The number of carbonyl (C=O) groups is 1. The zero-order valence-corrected chi connectivity index (χ0v) is 7.35. The Morgan fingerprint density at radius 1 is 1.45 bits per heavy atom. The number of nitrogens with one attached hydrogen (secondary N) is 2. The average molecular weight is 180 g/mol.